The molecule has 0 saturated carbocycles. The Morgan fingerprint density at radius 1 is 0.833 bits per heavy atom. The normalized spacial score (nSPS) is 10.4. The maximum Gasteiger partial charge on any atom is 0.214 e. The van der Waals surface area contributed by atoms with Crippen LogP contribution >= 0.6 is 0 Å². The molecule has 3 heteroatoms. The second-order valence-electron chi connectivity index (χ2n) is 4.00. The molecule has 0 atom stereocenters. The molecule has 3 nitrogen and oxygen atoms in total. The minimum absolute atomic E-state index is 0.139. The monoisotopic (exact) mass is 236 g/mol. The zero-order chi connectivity index (χ0) is 12.4. The van der Waals surface area contributed by atoms with E-state index in [9.17, 15) is 5.11 Å². The summed E-state index contributed by atoms with van der Waals surface area (Å²) in [4.78, 5) is 0. The standard InChI is InChI=1S/C15H12N2O/c18-15-11-14(12-7-3-1-4-8-12)16-17(15)13-9-5-2-6-10-13/h1-11,18H. The van der Waals surface area contributed by atoms with Crippen LogP contribution in [-0.2, 0) is 0 Å². The predicted molar refractivity (Wildman–Crippen MR) is 70.7 cm³/mol. The Balaban J connectivity index is 2.07. The molecule has 0 bridgehead atoms. The summed E-state index contributed by atoms with van der Waals surface area (Å²) in [6.45, 7) is 0. The largest absolute Gasteiger partial charge is 0.493 e. The zero-order valence-corrected chi connectivity index (χ0v) is 9.69. The van der Waals surface area contributed by atoms with Crippen molar-refractivity contribution in [1.82, 2.24) is 9.78 Å². The van der Waals surface area contributed by atoms with E-state index in [1.807, 2.05) is 60.7 Å². The molecule has 0 spiro atoms. The Bertz CT molecular complexity index is 645. The summed E-state index contributed by atoms with van der Waals surface area (Å²) >= 11 is 0. The summed E-state index contributed by atoms with van der Waals surface area (Å²) in [7, 11) is 0. The molecule has 18 heavy (non-hydrogen) atoms. The van der Waals surface area contributed by atoms with Crippen LogP contribution in [0.15, 0.2) is 66.7 Å². The van der Waals surface area contributed by atoms with E-state index in [2.05, 4.69) is 5.10 Å². The molecule has 1 aromatic heterocycles. The van der Waals surface area contributed by atoms with Crippen molar-refractivity contribution >= 4 is 0 Å². The average Bonchev–Trinajstić information content (AvgIpc) is 2.83. The van der Waals surface area contributed by atoms with Crippen LogP contribution in [-0.4, -0.2) is 14.9 Å². The first-order valence-corrected chi connectivity index (χ1v) is 5.74. The molecule has 1 N–H and O–H groups in total. The molecule has 3 rings (SSSR count). The third-order valence-electron chi connectivity index (χ3n) is 2.76. The van der Waals surface area contributed by atoms with Crippen LogP contribution in [0.1, 0.15) is 0 Å². The van der Waals surface area contributed by atoms with Crippen molar-refractivity contribution in [1.29, 1.82) is 0 Å². The van der Waals surface area contributed by atoms with E-state index in [1.165, 1.54) is 4.68 Å². The molecular weight excluding hydrogens is 224 g/mol. The second kappa shape index (κ2) is 4.37. The highest BCUT2D eigenvalue weighted by Crippen LogP contribution is 2.24. The van der Waals surface area contributed by atoms with E-state index in [1.54, 1.807) is 6.07 Å². The fourth-order valence-corrected chi connectivity index (χ4v) is 1.88. The summed E-state index contributed by atoms with van der Waals surface area (Å²) in [5, 5.41) is 14.4. The quantitative estimate of drug-likeness (QED) is 0.741. The highest BCUT2D eigenvalue weighted by molar-refractivity contribution is 5.60. The number of rotatable bonds is 2. The van der Waals surface area contributed by atoms with E-state index in [0.717, 1.165) is 16.9 Å². The van der Waals surface area contributed by atoms with Crippen LogP contribution in [0, 0.1) is 0 Å². The van der Waals surface area contributed by atoms with Gasteiger partial charge in [-0.2, -0.15) is 5.10 Å². The number of aromatic hydroxyl groups is 1. The van der Waals surface area contributed by atoms with E-state index >= 15 is 0 Å². The maximum absolute atomic E-state index is 9.95. The van der Waals surface area contributed by atoms with Crippen molar-refractivity contribution in [3.63, 3.8) is 0 Å². The Hall–Kier alpha value is -2.55. The van der Waals surface area contributed by atoms with E-state index < -0.39 is 0 Å². The number of nitrogens with zero attached hydrogens (tertiary/aromatic N) is 2. The molecule has 88 valence electrons. The third-order valence-corrected chi connectivity index (χ3v) is 2.76. The minimum Gasteiger partial charge on any atom is -0.493 e. The van der Waals surface area contributed by atoms with Crippen LogP contribution in [0.2, 0.25) is 0 Å². The predicted octanol–water partition coefficient (Wildman–Crippen LogP) is 3.24. The van der Waals surface area contributed by atoms with E-state index in [0.29, 0.717) is 0 Å². The lowest BCUT2D eigenvalue weighted by molar-refractivity contribution is 0.433. The average molecular weight is 236 g/mol. The summed E-state index contributed by atoms with van der Waals surface area (Å²) in [6, 6.07) is 21.0. The lowest BCUT2D eigenvalue weighted by Gasteiger charge is -2.01. The van der Waals surface area contributed by atoms with Crippen molar-refractivity contribution in [3.8, 4) is 22.8 Å². The molecule has 3 aromatic rings. The maximum atomic E-state index is 9.95. The van der Waals surface area contributed by atoms with E-state index in [-0.39, 0.29) is 5.88 Å². The minimum atomic E-state index is 0.139. The van der Waals surface area contributed by atoms with Gasteiger partial charge in [0.1, 0.15) is 0 Å². The van der Waals surface area contributed by atoms with Crippen LogP contribution < -0.4 is 0 Å². The molecule has 1 heterocycles. The summed E-state index contributed by atoms with van der Waals surface area (Å²) in [5.41, 5.74) is 2.59. The van der Waals surface area contributed by atoms with Crippen molar-refractivity contribution in [2.24, 2.45) is 0 Å². The first kappa shape index (κ1) is 10.6. The molecule has 0 fully saturated rings. The Kier molecular flexibility index (Phi) is 2.57. The van der Waals surface area contributed by atoms with Gasteiger partial charge in [-0.05, 0) is 12.1 Å². The molecule has 0 aliphatic carbocycles. The topological polar surface area (TPSA) is 38.1 Å². The molecule has 0 aliphatic heterocycles. The molecule has 0 aliphatic rings. The first-order chi connectivity index (χ1) is 8.84. The highest BCUT2D eigenvalue weighted by atomic mass is 16.3. The van der Waals surface area contributed by atoms with Gasteiger partial charge in [-0.1, -0.05) is 48.5 Å². The molecular formula is C15H12N2O. The van der Waals surface area contributed by atoms with Gasteiger partial charge in [-0.25, -0.2) is 4.68 Å². The number of benzene rings is 2. The molecule has 2 aromatic carbocycles. The third kappa shape index (κ3) is 1.86. The van der Waals surface area contributed by atoms with Crippen molar-refractivity contribution in [2.75, 3.05) is 0 Å². The number of hydrogen-bond donors (Lipinski definition) is 1. The Morgan fingerprint density at radius 2 is 1.44 bits per heavy atom. The Morgan fingerprint density at radius 3 is 2.11 bits per heavy atom. The van der Waals surface area contributed by atoms with Crippen LogP contribution in [0.4, 0.5) is 0 Å². The zero-order valence-electron chi connectivity index (χ0n) is 9.69. The highest BCUT2D eigenvalue weighted by Gasteiger charge is 2.09. The smallest absolute Gasteiger partial charge is 0.214 e. The van der Waals surface area contributed by atoms with Crippen molar-refractivity contribution < 1.29 is 5.11 Å². The van der Waals surface area contributed by atoms with Gasteiger partial charge in [0.2, 0.25) is 5.88 Å². The molecule has 0 saturated heterocycles. The molecule has 0 amide bonds. The van der Waals surface area contributed by atoms with Gasteiger partial charge in [-0.3, -0.25) is 0 Å². The number of aromatic nitrogens is 2. The number of hydrogen-bond acceptors (Lipinski definition) is 2. The lowest BCUT2D eigenvalue weighted by Crippen LogP contribution is -1.95. The summed E-state index contributed by atoms with van der Waals surface area (Å²) in [5.74, 6) is 0.139. The first-order valence-electron chi connectivity index (χ1n) is 5.74. The van der Waals surface area contributed by atoms with Gasteiger partial charge in [0.15, 0.2) is 0 Å². The second-order valence-corrected chi connectivity index (χ2v) is 4.00. The number of para-hydroxylation sites is 1. The van der Waals surface area contributed by atoms with Gasteiger partial charge >= 0.3 is 0 Å². The molecule has 0 radical (unpaired) electrons. The van der Waals surface area contributed by atoms with Crippen LogP contribution in [0.3, 0.4) is 0 Å². The van der Waals surface area contributed by atoms with Gasteiger partial charge in [0, 0.05) is 11.6 Å². The van der Waals surface area contributed by atoms with Gasteiger partial charge in [0.05, 0.1) is 11.4 Å². The molecule has 0 unspecified atom stereocenters. The van der Waals surface area contributed by atoms with Crippen molar-refractivity contribution in [3.05, 3.63) is 66.7 Å². The van der Waals surface area contributed by atoms with Crippen LogP contribution in [0.25, 0.3) is 16.9 Å². The van der Waals surface area contributed by atoms with E-state index in [4.69, 9.17) is 0 Å². The van der Waals surface area contributed by atoms with Gasteiger partial charge in [-0.15, -0.1) is 0 Å². The SMILES string of the molecule is Oc1cc(-c2ccccc2)nn1-c1ccccc1. The van der Waals surface area contributed by atoms with Gasteiger partial charge < -0.3 is 5.11 Å². The fraction of sp³-hybridized carbons (Fsp3) is 0. The summed E-state index contributed by atoms with van der Waals surface area (Å²) < 4.78 is 1.53. The lowest BCUT2D eigenvalue weighted by atomic mass is 10.2. The van der Waals surface area contributed by atoms with Gasteiger partial charge in [0.25, 0.3) is 0 Å². The summed E-state index contributed by atoms with van der Waals surface area (Å²) in [6.07, 6.45) is 0. The Labute approximate surface area is 105 Å². The van der Waals surface area contributed by atoms with Crippen molar-refractivity contribution in [2.45, 2.75) is 0 Å². The fourth-order valence-electron chi connectivity index (χ4n) is 1.88. The van der Waals surface area contributed by atoms with Crippen LogP contribution in [0.5, 0.6) is 5.88 Å².